The van der Waals surface area contributed by atoms with E-state index in [1.165, 1.54) is 22.3 Å². The van der Waals surface area contributed by atoms with Crippen molar-refractivity contribution in [2.45, 2.75) is 81.1 Å². The Labute approximate surface area is 268 Å². The lowest BCUT2D eigenvalue weighted by atomic mass is 9.51. The molecule has 1 heterocycles. The number of hydrogen-bond acceptors (Lipinski definition) is 5. The van der Waals surface area contributed by atoms with Crippen molar-refractivity contribution in [3.63, 3.8) is 0 Å². The van der Waals surface area contributed by atoms with E-state index in [0.29, 0.717) is 48.2 Å². The lowest BCUT2D eigenvalue weighted by Crippen LogP contribution is -2.51. The summed E-state index contributed by atoms with van der Waals surface area (Å²) in [6, 6.07) is 15.7. The van der Waals surface area contributed by atoms with Crippen LogP contribution >= 0.6 is 0 Å². The molecule has 2 aromatic rings. The highest BCUT2D eigenvalue weighted by molar-refractivity contribution is 7.89. The quantitative estimate of drug-likeness (QED) is 0.409. The molecule has 7 rings (SSSR count). The Balaban J connectivity index is 1.24. The van der Waals surface area contributed by atoms with Crippen molar-refractivity contribution in [3.8, 4) is 11.8 Å². The molecule has 1 saturated heterocycles. The minimum atomic E-state index is -3.48. The Hall–Kier alpha value is -3.18. The Morgan fingerprint density at radius 2 is 1.67 bits per heavy atom. The van der Waals surface area contributed by atoms with Gasteiger partial charge in [-0.2, -0.15) is 4.31 Å². The predicted molar refractivity (Wildman–Crippen MR) is 177 cm³/mol. The lowest BCUT2D eigenvalue weighted by Gasteiger charge is -2.53. The second kappa shape index (κ2) is 11.3. The number of benzene rings is 2. The molecule has 236 valence electrons. The summed E-state index contributed by atoms with van der Waals surface area (Å²) >= 11 is 0. The standard InChI is InChI=1S/C38H44N2O4S/c1-37-25-34(27-8-11-29(12-9-27)39(2)3)36-32-17-13-30(41)24-28(32)10-16-33(36)35(37)19-21-38(37,42)20-18-26-6-14-31(15-7-26)45(43,44)40-22-4-5-23-40/h6-9,11-12,14-15,24,33-35,42H,4-5,10,13,16-17,19,21-23,25H2,1-3H3/t33-,34+,35-,37-,38-/m0/s1. The Morgan fingerprint density at radius 1 is 0.956 bits per heavy atom. The maximum absolute atomic E-state index is 13.0. The molecule has 2 saturated carbocycles. The van der Waals surface area contributed by atoms with Crippen LogP contribution in [0.25, 0.3) is 0 Å². The van der Waals surface area contributed by atoms with Crippen LogP contribution in [-0.4, -0.2) is 56.4 Å². The fourth-order valence-corrected chi connectivity index (χ4v) is 10.7. The normalized spacial score (nSPS) is 31.4. The zero-order valence-electron chi connectivity index (χ0n) is 26.7. The predicted octanol–water partition coefficient (Wildman–Crippen LogP) is 6.22. The first-order valence-electron chi connectivity index (χ1n) is 16.6. The zero-order chi connectivity index (χ0) is 31.6. The van der Waals surface area contributed by atoms with Gasteiger partial charge in [-0.05, 0) is 122 Å². The van der Waals surface area contributed by atoms with Crippen molar-refractivity contribution in [1.29, 1.82) is 0 Å². The van der Waals surface area contributed by atoms with E-state index in [1.54, 1.807) is 28.6 Å². The molecular formula is C38H44N2O4S. The van der Waals surface area contributed by atoms with Gasteiger partial charge in [-0.15, -0.1) is 0 Å². The number of nitrogens with zero attached hydrogens (tertiary/aromatic N) is 2. The van der Waals surface area contributed by atoms with Crippen molar-refractivity contribution in [2.75, 3.05) is 32.1 Å². The van der Waals surface area contributed by atoms with Crippen LogP contribution in [0.2, 0.25) is 0 Å². The molecule has 7 heteroatoms. The molecule has 6 nitrogen and oxygen atoms in total. The van der Waals surface area contributed by atoms with Crippen molar-refractivity contribution < 1.29 is 18.3 Å². The minimum Gasteiger partial charge on any atom is -0.378 e. The largest absolute Gasteiger partial charge is 0.378 e. The molecule has 0 spiro atoms. The van der Waals surface area contributed by atoms with Crippen molar-refractivity contribution in [3.05, 3.63) is 82.5 Å². The van der Waals surface area contributed by atoms with E-state index in [1.807, 2.05) is 6.08 Å². The summed E-state index contributed by atoms with van der Waals surface area (Å²) in [4.78, 5) is 14.8. The molecule has 1 aliphatic heterocycles. The summed E-state index contributed by atoms with van der Waals surface area (Å²) in [5.41, 5.74) is 5.71. The van der Waals surface area contributed by atoms with Gasteiger partial charge in [-0.25, -0.2) is 8.42 Å². The number of sulfonamides is 1. The molecule has 1 N–H and O–H groups in total. The van der Waals surface area contributed by atoms with Crippen molar-refractivity contribution >= 4 is 21.5 Å². The number of hydrogen-bond donors (Lipinski definition) is 1. The van der Waals surface area contributed by atoms with Gasteiger partial charge in [0, 0.05) is 56.2 Å². The number of aliphatic hydroxyl groups is 1. The maximum atomic E-state index is 13.0. The lowest BCUT2D eigenvalue weighted by molar-refractivity contribution is -0.114. The average molecular weight is 625 g/mol. The van der Waals surface area contributed by atoms with Crippen molar-refractivity contribution in [2.24, 2.45) is 17.3 Å². The first-order valence-corrected chi connectivity index (χ1v) is 18.0. The zero-order valence-corrected chi connectivity index (χ0v) is 27.5. The molecule has 0 amide bonds. The van der Waals surface area contributed by atoms with Gasteiger partial charge in [0.2, 0.25) is 10.0 Å². The van der Waals surface area contributed by atoms with Crippen LogP contribution in [0, 0.1) is 29.1 Å². The minimum absolute atomic E-state index is 0.154. The number of anilines is 1. The monoisotopic (exact) mass is 624 g/mol. The Bertz CT molecular complexity index is 1740. The second-order valence-electron chi connectivity index (χ2n) is 14.3. The molecule has 3 fully saturated rings. The first-order chi connectivity index (χ1) is 21.5. The fourth-order valence-electron chi connectivity index (χ4n) is 9.14. The van der Waals surface area contributed by atoms with E-state index in [9.17, 15) is 18.3 Å². The number of carbonyl (C=O) groups excluding carboxylic acids is 1. The number of allylic oxidation sites excluding steroid dienone is 4. The van der Waals surface area contributed by atoms with Crippen LogP contribution in [0.3, 0.4) is 0 Å². The molecule has 45 heavy (non-hydrogen) atoms. The average Bonchev–Trinajstić information content (AvgIpc) is 3.67. The highest BCUT2D eigenvalue weighted by Crippen LogP contribution is 2.66. The van der Waals surface area contributed by atoms with E-state index in [4.69, 9.17) is 0 Å². The second-order valence-corrected chi connectivity index (χ2v) is 16.2. The molecule has 2 aromatic carbocycles. The van der Waals surface area contributed by atoms with E-state index >= 15 is 0 Å². The molecule has 5 atom stereocenters. The number of fused-ring (bicyclic) bond motifs is 4. The van der Waals surface area contributed by atoms with Gasteiger partial charge < -0.3 is 10.0 Å². The molecule has 4 aliphatic carbocycles. The van der Waals surface area contributed by atoms with Gasteiger partial charge in [0.15, 0.2) is 5.78 Å². The molecule has 0 bridgehead atoms. The SMILES string of the molecule is CN(C)c1ccc([C@H]2C[C@@]3(C)[C@@H](CC[C@@]3(O)C#Cc3ccc(S(=O)(=O)N4CCCC4)cc3)[C@@H]3CCC4=CC(=O)CCC4=C32)cc1. The molecular weight excluding hydrogens is 580 g/mol. The van der Waals surface area contributed by atoms with E-state index in [2.05, 4.69) is 62.0 Å². The number of ketones is 1. The molecule has 0 radical (unpaired) electrons. The van der Waals surface area contributed by atoms with Crippen LogP contribution < -0.4 is 4.90 Å². The first kappa shape index (κ1) is 30.5. The third-order valence-electron chi connectivity index (χ3n) is 11.7. The van der Waals surface area contributed by atoms with Gasteiger partial charge >= 0.3 is 0 Å². The van der Waals surface area contributed by atoms with Crippen molar-refractivity contribution in [1.82, 2.24) is 4.31 Å². The van der Waals surface area contributed by atoms with Crippen LogP contribution in [-0.2, 0) is 14.8 Å². The molecule has 5 aliphatic rings. The van der Waals surface area contributed by atoms with Gasteiger partial charge in [-0.1, -0.05) is 36.5 Å². The Morgan fingerprint density at radius 3 is 2.36 bits per heavy atom. The summed E-state index contributed by atoms with van der Waals surface area (Å²) in [6.07, 6.45) is 9.37. The van der Waals surface area contributed by atoms with Crippen LogP contribution in [0.15, 0.2) is 76.2 Å². The number of carbonyl (C=O) groups is 1. The van der Waals surface area contributed by atoms with E-state index in [-0.39, 0.29) is 11.7 Å². The summed E-state index contributed by atoms with van der Waals surface area (Å²) in [7, 11) is 0.623. The van der Waals surface area contributed by atoms with Crippen LogP contribution in [0.1, 0.15) is 81.8 Å². The smallest absolute Gasteiger partial charge is 0.243 e. The van der Waals surface area contributed by atoms with E-state index < -0.39 is 21.0 Å². The van der Waals surface area contributed by atoms with E-state index in [0.717, 1.165) is 50.6 Å². The Kier molecular flexibility index (Phi) is 7.62. The highest BCUT2D eigenvalue weighted by Gasteiger charge is 2.62. The summed E-state index contributed by atoms with van der Waals surface area (Å²) in [6.45, 7) is 3.41. The topological polar surface area (TPSA) is 77.9 Å². The molecule has 0 unspecified atom stereocenters. The van der Waals surface area contributed by atoms with Gasteiger partial charge in [0.05, 0.1) is 4.90 Å². The van der Waals surface area contributed by atoms with Crippen LogP contribution in [0.5, 0.6) is 0 Å². The fraction of sp³-hybridized carbons (Fsp3) is 0.500. The third kappa shape index (κ3) is 5.10. The van der Waals surface area contributed by atoms with Gasteiger partial charge in [0.1, 0.15) is 5.60 Å². The summed E-state index contributed by atoms with van der Waals surface area (Å²) in [5, 5.41) is 12.4. The maximum Gasteiger partial charge on any atom is 0.243 e. The summed E-state index contributed by atoms with van der Waals surface area (Å²) < 4.78 is 27.6. The highest BCUT2D eigenvalue weighted by atomic mass is 32.2. The van der Waals surface area contributed by atoms with Gasteiger partial charge in [-0.3, -0.25) is 4.79 Å². The summed E-state index contributed by atoms with van der Waals surface area (Å²) in [5.74, 6) is 7.67. The van der Waals surface area contributed by atoms with Gasteiger partial charge in [0.25, 0.3) is 0 Å². The van der Waals surface area contributed by atoms with Crippen LogP contribution in [0.4, 0.5) is 5.69 Å². The third-order valence-corrected chi connectivity index (χ3v) is 13.6. The molecule has 0 aromatic heterocycles. The number of rotatable bonds is 4.